The molecule has 0 unspecified atom stereocenters. The predicted molar refractivity (Wildman–Crippen MR) is 92.0 cm³/mol. The number of aliphatic hydroxyl groups is 1. The Balaban J connectivity index is 1.45. The quantitative estimate of drug-likeness (QED) is 0.635. The van der Waals surface area contributed by atoms with Gasteiger partial charge < -0.3 is 15.3 Å². The van der Waals surface area contributed by atoms with Crippen LogP contribution in [-0.4, -0.2) is 51.2 Å². The van der Waals surface area contributed by atoms with Gasteiger partial charge in [0.05, 0.1) is 10.5 Å². The first-order chi connectivity index (χ1) is 11.5. The first kappa shape index (κ1) is 17.1. The number of hydrogen-bond acceptors (Lipinski definition) is 6. The van der Waals surface area contributed by atoms with Gasteiger partial charge in [-0.2, -0.15) is 0 Å². The molecule has 0 amide bonds. The maximum absolute atomic E-state index is 10.7. The maximum Gasteiger partial charge on any atom is 0.287 e. The van der Waals surface area contributed by atoms with Gasteiger partial charge in [-0.3, -0.25) is 10.1 Å². The van der Waals surface area contributed by atoms with E-state index in [1.165, 1.54) is 18.7 Å². The normalized spacial score (nSPS) is 22.2. The van der Waals surface area contributed by atoms with Crippen LogP contribution in [0.2, 0.25) is 0 Å². The lowest BCUT2D eigenvalue weighted by molar-refractivity contribution is -0.385. The summed E-state index contributed by atoms with van der Waals surface area (Å²) in [6, 6.07) is 3.47. The van der Waals surface area contributed by atoms with Gasteiger partial charge in [-0.25, -0.2) is 4.98 Å². The molecule has 1 saturated heterocycles. The molecule has 1 aliphatic heterocycles. The van der Waals surface area contributed by atoms with E-state index in [2.05, 4.69) is 15.2 Å². The van der Waals surface area contributed by atoms with E-state index in [1.807, 2.05) is 0 Å². The highest BCUT2D eigenvalue weighted by Crippen LogP contribution is 2.29. The minimum Gasteiger partial charge on any atom is -0.389 e. The second kappa shape index (κ2) is 7.44. The van der Waals surface area contributed by atoms with E-state index in [4.69, 9.17) is 0 Å². The van der Waals surface area contributed by atoms with Crippen LogP contribution in [-0.2, 0) is 0 Å². The summed E-state index contributed by atoms with van der Waals surface area (Å²) in [6.45, 7) is 2.72. The van der Waals surface area contributed by atoms with Crippen molar-refractivity contribution in [1.29, 1.82) is 0 Å². The number of β-amino-alcohol motifs (C(OH)–C–C–N with tert-alkyl or cyclic N) is 1. The van der Waals surface area contributed by atoms with E-state index in [0.29, 0.717) is 11.9 Å². The summed E-state index contributed by atoms with van der Waals surface area (Å²) in [5.74, 6) is 0.685. The fraction of sp³-hybridized carbons (Fsp3) is 0.706. The average Bonchev–Trinajstić information content (AvgIpc) is 2.57. The van der Waals surface area contributed by atoms with Gasteiger partial charge in [-0.15, -0.1) is 0 Å². The minimum absolute atomic E-state index is 0.0103. The van der Waals surface area contributed by atoms with E-state index in [9.17, 15) is 15.2 Å². The van der Waals surface area contributed by atoms with Crippen LogP contribution < -0.4 is 5.32 Å². The van der Waals surface area contributed by atoms with Crippen molar-refractivity contribution < 1.29 is 10.0 Å². The number of rotatable bonds is 5. The van der Waals surface area contributed by atoms with E-state index < -0.39 is 10.5 Å². The molecule has 0 spiro atoms. The molecule has 0 atom stereocenters. The Morgan fingerprint density at radius 3 is 2.58 bits per heavy atom. The lowest BCUT2D eigenvalue weighted by atomic mass is 9.84. The molecular weight excluding hydrogens is 308 g/mol. The Morgan fingerprint density at radius 2 is 2.00 bits per heavy atom. The summed E-state index contributed by atoms with van der Waals surface area (Å²) >= 11 is 0. The third-order valence-electron chi connectivity index (χ3n) is 5.20. The van der Waals surface area contributed by atoms with Crippen molar-refractivity contribution >= 4 is 11.5 Å². The molecule has 1 saturated carbocycles. The van der Waals surface area contributed by atoms with Crippen molar-refractivity contribution in [2.24, 2.45) is 0 Å². The first-order valence-corrected chi connectivity index (χ1v) is 8.86. The Kier molecular flexibility index (Phi) is 5.30. The summed E-state index contributed by atoms with van der Waals surface area (Å²) in [5.41, 5.74) is -0.477. The topological polar surface area (TPSA) is 91.5 Å². The standard InChI is InChI=1S/C17H26N4O3/c22-17(8-2-1-3-9-17)13-20-10-6-14(7-11-20)19-16-5-4-15(12-18-16)21(23)24/h4-5,12,14,22H,1-3,6-11,13H2,(H,18,19). The fourth-order valence-electron chi connectivity index (χ4n) is 3.81. The summed E-state index contributed by atoms with van der Waals surface area (Å²) < 4.78 is 0. The molecule has 132 valence electrons. The van der Waals surface area contributed by atoms with Crippen LogP contribution in [0.1, 0.15) is 44.9 Å². The van der Waals surface area contributed by atoms with Gasteiger partial charge in [0.1, 0.15) is 12.0 Å². The first-order valence-electron chi connectivity index (χ1n) is 8.86. The highest BCUT2D eigenvalue weighted by atomic mass is 16.6. The molecule has 3 rings (SSSR count). The van der Waals surface area contributed by atoms with Crippen molar-refractivity contribution in [1.82, 2.24) is 9.88 Å². The number of nitrogens with zero attached hydrogens (tertiary/aromatic N) is 3. The zero-order chi connectivity index (χ0) is 17.0. The average molecular weight is 334 g/mol. The van der Waals surface area contributed by atoms with E-state index >= 15 is 0 Å². The van der Waals surface area contributed by atoms with Crippen molar-refractivity contribution in [2.45, 2.75) is 56.6 Å². The summed E-state index contributed by atoms with van der Waals surface area (Å²) in [6.07, 6.45) is 8.66. The van der Waals surface area contributed by atoms with Crippen LogP contribution >= 0.6 is 0 Å². The molecule has 2 fully saturated rings. The molecule has 7 nitrogen and oxygen atoms in total. The zero-order valence-corrected chi connectivity index (χ0v) is 14.0. The summed E-state index contributed by atoms with van der Waals surface area (Å²) in [4.78, 5) is 16.7. The number of likely N-dealkylation sites (tertiary alicyclic amines) is 1. The fourth-order valence-corrected chi connectivity index (χ4v) is 3.81. The number of pyridine rings is 1. The van der Waals surface area contributed by atoms with Crippen molar-refractivity contribution in [2.75, 3.05) is 25.0 Å². The van der Waals surface area contributed by atoms with Gasteiger partial charge >= 0.3 is 0 Å². The largest absolute Gasteiger partial charge is 0.389 e. The molecule has 7 heteroatoms. The van der Waals surface area contributed by atoms with Crippen LogP contribution in [0.4, 0.5) is 11.5 Å². The Morgan fingerprint density at radius 1 is 1.29 bits per heavy atom. The maximum atomic E-state index is 10.7. The number of piperidine rings is 1. The lowest BCUT2D eigenvalue weighted by Gasteiger charge is -2.40. The molecule has 2 heterocycles. The van der Waals surface area contributed by atoms with Crippen LogP contribution in [0.5, 0.6) is 0 Å². The van der Waals surface area contributed by atoms with Crippen molar-refractivity contribution in [3.05, 3.63) is 28.4 Å². The molecule has 24 heavy (non-hydrogen) atoms. The van der Waals surface area contributed by atoms with E-state index in [1.54, 1.807) is 6.07 Å². The number of anilines is 1. The minimum atomic E-state index is -0.488. The molecule has 1 aromatic rings. The smallest absolute Gasteiger partial charge is 0.287 e. The SMILES string of the molecule is O=[N+]([O-])c1ccc(NC2CCN(CC3(O)CCCCC3)CC2)nc1. The van der Waals surface area contributed by atoms with E-state index in [-0.39, 0.29) is 5.69 Å². The van der Waals surface area contributed by atoms with Gasteiger partial charge in [-0.1, -0.05) is 19.3 Å². The number of aromatic nitrogens is 1. The van der Waals surface area contributed by atoms with Crippen LogP contribution in [0, 0.1) is 10.1 Å². The Bertz CT molecular complexity index is 549. The van der Waals surface area contributed by atoms with Crippen molar-refractivity contribution in [3.63, 3.8) is 0 Å². The zero-order valence-electron chi connectivity index (χ0n) is 14.0. The van der Waals surface area contributed by atoms with Gasteiger partial charge in [0.2, 0.25) is 0 Å². The number of nitrogens with one attached hydrogen (secondary N) is 1. The molecule has 0 radical (unpaired) electrons. The molecule has 1 aromatic heterocycles. The van der Waals surface area contributed by atoms with Gasteiger partial charge in [0.15, 0.2) is 0 Å². The Hall–Kier alpha value is -1.73. The monoisotopic (exact) mass is 334 g/mol. The number of nitro groups is 1. The van der Waals surface area contributed by atoms with Crippen LogP contribution in [0.25, 0.3) is 0 Å². The third-order valence-corrected chi connectivity index (χ3v) is 5.20. The molecule has 2 N–H and O–H groups in total. The third kappa shape index (κ3) is 4.42. The number of hydrogen-bond donors (Lipinski definition) is 2. The second-order valence-corrected chi connectivity index (χ2v) is 7.14. The lowest BCUT2D eigenvalue weighted by Crippen LogP contribution is -2.48. The molecule has 2 aliphatic rings. The van der Waals surface area contributed by atoms with Gasteiger partial charge in [0.25, 0.3) is 5.69 Å². The van der Waals surface area contributed by atoms with Gasteiger partial charge in [0, 0.05) is 31.7 Å². The molecular formula is C17H26N4O3. The van der Waals surface area contributed by atoms with Gasteiger partial charge in [-0.05, 0) is 31.7 Å². The molecule has 0 bridgehead atoms. The highest BCUT2D eigenvalue weighted by molar-refractivity contribution is 5.40. The second-order valence-electron chi connectivity index (χ2n) is 7.14. The Labute approximate surface area is 142 Å². The molecule has 1 aliphatic carbocycles. The predicted octanol–water partition coefficient (Wildman–Crippen LogP) is 2.56. The highest BCUT2D eigenvalue weighted by Gasteiger charge is 2.32. The van der Waals surface area contributed by atoms with Crippen molar-refractivity contribution in [3.8, 4) is 0 Å². The van der Waals surface area contributed by atoms with E-state index in [0.717, 1.165) is 58.2 Å². The van der Waals surface area contributed by atoms with Crippen LogP contribution in [0.15, 0.2) is 18.3 Å². The summed E-state index contributed by atoms with van der Waals surface area (Å²) in [5, 5.41) is 24.7. The summed E-state index contributed by atoms with van der Waals surface area (Å²) in [7, 11) is 0. The van der Waals surface area contributed by atoms with Crippen LogP contribution in [0.3, 0.4) is 0 Å². The molecule has 0 aromatic carbocycles.